The molecule has 0 aliphatic carbocycles. The number of likely N-dealkylation sites (N-methyl/N-ethyl adjacent to an activating group) is 1. The fraction of sp³-hybridized carbons (Fsp3) is 0.500. The summed E-state index contributed by atoms with van der Waals surface area (Å²) in [7, 11) is 0. The minimum absolute atomic E-state index is 1.07. The predicted octanol–water partition coefficient (Wildman–Crippen LogP) is 2.95. The fourth-order valence-corrected chi connectivity index (χ4v) is 1.98. The van der Waals surface area contributed by atoms with Gasteiger partial charge in [-0.3, -0.25) is 0 Å². The number of hydrogen-bond acceptors (Lipinski definition) is 1. The predicted molar refractivity (Wildman–Crippen MR) is 66.1 cm³/mol. The summed E-state index contributed by atoms with van der Waals surface area (Å²) in [5.41, 5.74) is 1.43. The van der Waals surface area contributed by atoms with Gasteiger partial charge in [-0.25, -0.2) is 0 Å². The van der Waals surface area contributed by atoms with Crippen LogP contribution in [0.1, 0.15) is 12.5 Å². The Balaban J connectivity index is 2.32. The maximum absolute atomic E-state index is 3.48. The maximum atomic E-state index is 3.48. The van der Waals surface area contributed by atoms with E-state index in [0.29, 0.717) is 0 Å². The quantitative estimate of drug-likeness (QED) is 0.707. The van der Waals surface area contributed by atoms with Crippen molar-refractivity contribution in [1.29, 1.82) is 0 Å². The minimum atomic E-state index is 1.07. The average Bonchev–Trinajstić information content (AvgIpc) is 2.25. The van der Waals surface area contributed by atoms with E-state index in [1.54, 1.807) is 0 Å². The van der Waals surface area contributed by atoms with Gasteiger partial charge in [0.05, 0.1) is 0 Å². The van der Waals surface area contributed by atoms with Gasteiger partial charge < -0.3 is 4.90 Å². The van der Waals surface area contributed by atoms with Crippen LogP contribution in [-0.4, -0.2) is 29.9 Å². The molecule has 2 heteroatoms. The molecule has 0 N–H and O–H groups in total. The lowest BCUT2D eigenvalue weighted by atomic mass is 10.1. The summed E-state index contributed by atoms with van der Waals surface area (Å²) in [5.74, 6) is 0. The summed E-state index contributed by atoms with van der Waals surface area (Å²) < 4.78 is 0. The van der Waals surface area contributed by atoms with Crippen LogP contribution in [0.15, 0.2) is 30.3 Å². The molecular formula is C12H18BrN. The van der Waals surface area contributed by atoms with E-state index in [1.807, 2.05) is 0 Å². The Morgan fingerprint density at radius 3 is 2.43 bits per heavy atom. The Labute approximate surface area is 95.2 Å². The van der Waals surface area contributed by atoms with Crippen molar-refractivity contribution < 1.29 is 0 Å². The highest BCUT2D eigenvalue weighted by molar-refractivity contribution is 9.09. The molecule has 0 unspecified atom stereocenters. The molecule has 0 amide bonds. The number of nitrogens with zero attached hydrogens (tertiary/aromatic N) is 1. The molecule has 1 aromatic carbocycles. The van der Waals surface area contributed by atoms with Gasteiger partial charge in [0.15, 0.2) is 0 Å². The minimum Gasteiger partial charge on any atom is -0.302 e. The zero-order chi connectivity index (χ0) is 10.2. The van der Waals surface area contributed by atoms with E-state index in [4.69, 9.17) is 0 Å². The number of benzene rings is 1. The van der Waals surface area contributed by atoms with Crippen LogP contribution in [0.5, 0.6) is 0 Å². The molecule has 0 fully saturated rings. The van der Waals surface area contributed by atoms with Crippen molar-refractivity contribution in [3.8, 4) is 0 Å². The molecule has 0 spiro atoms. The lowest BCUT2D eigenvalue weighted by Gasteiger charge is -2.18. The number of halogens is 1. The molecule has 1 nitrogen and oxygen atoms in total. The van der Waals surface area contributed by atoms with Crippen molar-refractivity contribution >= 4 is 15.9 Å². The Morgan fingerprint density at radius 1 is 1.14 bits per heavy atom. The van der Waals surface area contributed by atoms with Gasteiger partial charge in [0, 0.05) is 18.4 Å². The van der Waals surface area contributed by atoms with Crippen LogP contribution in [0, 0.1) is 0 Å². The van der Waals surface area contributed by atoms with E-state index in [9.17, 15) is 0 Å². The van der Waals surface area contributed by atoms with E-state index >= 15 is 0 Å². The van der Waals surface area contributed by atoms with Gasteiger partial charge in [0.1, 0.15) is 0 Å². The van der Waals surface area contributed by atoms with E-state index in [0.717, 1.165) is 31.4 Å². The summed E-state index contributed by atoms with van der Waals surface area (Å²) in [6.45, 7) is 5.65. The third-order valence-electron chi connectivity index (χ3n) is 2.41. The van der Waals surface area contributed by atoms with E-state index < -0.39 is 0 Å². The highest BCUT2D eigenvalue weighted by Crippen LogP contribution is 2.01. The Hall–Kier alpha value is -0.340. The second-order valence-electron chi connectivity index (χ2n) is 3.36. The first-order valence-electron chi connectivity index (χ1n) is 5.19. The van der Waals surface area contributed by atoms with Crippen LogP contribution in [0.25, 0.3) is 0 Å². The second kappa shape index (κ2) is 7.02. The SMILES string of the molecule is CCN(CCBr)CCc1ccccc1. The second-order valence-corrected chi connectivity index (χ2v) is 4.15. The lowest BCUT2D eigenvalue weighted by Crippen LogP contribution is -2.27. The van der Waals surface area contributed by atoms with Gasteiger partial charge in [-0.05, 0) is 18.5 Å². The van der Waals surface area contributed by atoms with Gasteiger partial charge in [-0.1, -0.05) is 53.2 Å². The molecule has 0 aliphatic rings. The van der Waals surface area contributed by atoms with Gasteiger partial charge in [-0.2, -0.15) is 0 Å². The van der Waals surface area contributed by atoms with Gasteiger partial charge in [-0.15, -0.1) is 0 Å². The van der Waals surface area contributed by atoms with Crippen molar-refractivity contribution in [1.82, 2.24) is 4.90 Å². The molecule has 14 heavy (non-hydrogen) atoms. The summed E-state index contributed by atoms with van der Waals surface area (Å²) >= 11 is 3.48. The monoisotopic (exact) mass is 255 g/mol. The number of hydrogen-bond donors (Lipinski definition) is 0. The maximum Gasteiger partial charge on any atom is 0.0159 e. The average molecular weight is 256 g/mol. The third-order valence-corrected chi connectivity index (χ3v) is 2.76. The van der Waals surface area contributed by atoms with Crippen LogP contribution in [-0.2, 0) is 6.42 Å². The molecule has 0 aromatic heterocycles. The molecule has 0 radical (unpaired) electrons. The summed E-state index contributed by atoms with van der Waals surface area (Å²) in [4.78, 5) is 2.46. The van der Waals surface area contributed by atoms with Crippen LogP contribution >= 0.6 is 15.9 Å². The smallest absolute Gasteiger partial charge is 0.0159 e. The fourth-order valence-electron chi connectivity index (χ4n) is 1.48. The van der Waals surface area contributed by atoms with E-state index in [-0.39, 0.29) is 0 Å². The number of rotatable bonds is 6. The topological polar surface area (TPSA) is 3.24 Å². The Kier molecular flexibility index (Phi) is 5.88. The van der Waals surface area contributed by atoms with E-state index in [2.05, 4.69) is 58.1 Å². The molecule has 0 bridgehead atoms. The highest BCUT2D eigenvalue weighted by atomic mass is 79.9. The first-order valence-corrected chi connectivity index (χ1v) is 6.31. The summed E-state index contributed by atoms with van der Waals surface area (Å²) in [6.07, 6.45) is 1.15. The van der Waals surface area contributed by atoms with Crippen molar-refractivity contribution in [3.05, 3.63) is 35.9 Å². The van der Waals surface area contributed by atoms with Crippen molar-refractivity contribution in [2.45, 2.75) is 13.3 Å². The molecular weight excluding hydrogens is 238 g/mol. The van der Waals surface area contributed by atoms with Crippen molar-refractivity contribution in [3.63, 3.8) is 0 Å². The summed E-state index contributed by atoms with van der Waals surface area (Å²) in [5, 5.41) is 1.07. The number of alkyl halides is 1. The third kappa shape index (κ3) is 4.25. The van der Waals surface area contributed by atoms with Crippen LogP contribution in [0.2, 0.25) is 0 Å². The van der Waals surface area contributed by atoms with Crippen molar-refractivity contribution in [2.24, 2.45) is 0 Å². The van der Waals surface area contributed by atoms with E-state index in [1.165, 1.54) is 5.56 Å². The Bertz CT molecular complexity index is 235. The first kappa shape index (κ1) is 11.7. The standard InChI is InChI=1S/C12H18BrN/c1-2-14(11-9-13)10-8-12-6-4-3-5-7-12/h3-7H,2,8-11H2,1H3. The molecule has 0 heterocycles. The molecule has 1 rings (SSSR count). The molecule has 1 aromatic rings. The molecule has 0 saturated carbocycles. The molecule has 0 aliphatic heterocycles. The largest absolute Gasteiger partial charge is 0.302 e. The van der Waals surface area contributed by atoms with Gasteiger partial charge >= 0.3 is 0 Å². The van der Waals surface area contributed by atoms with Crippen LogP contribution < -0.4 is 0 Å². The first-order chi connectivity index (χ1) is 6.86. The molecule has 0 atom stereocenters. The Morgan fingerprint density at radius 2 is 1.86 bits per heavy atom. The zero-order valence-electron chi connectivity index (χ0n) is 8.75. The molecule has 0 saturated heterocycles. The summed E-state index contributed by atoms with van der Waals surface area (Å²) in [6, 6.07) is 10.7. The zero-order valence-corrected chi connectivity index (χ0v) is 10.3. The molecule has 78 valence electrons. The van der Waals surface area contributed by atoms with Crippen molar-refractivity contribution in [2.75, 3.05) is 25.0 Å². The van der Waals surface area contributed by atoms with Crippen LogP contribution in [0.3, 0.4) is 0 Å². The normalized spacial score (nSPS) is 10.8. The van der Waals surface area contributed by atoms with Gasteiger partial charge in [0.25, 0.3) is 0 Å². The van der Waals surface area contributed by atoms with Crippen LogP contribution in [0.4, 0.5) is 0 Å². The lowest BCUT2D eigenvalue weighted by molar-refractivity contribution is 0.311. The highest BCUT2D eigenvalue weighted by Gasteiger charge is 2.00. The van der Waals surface area contributed by atoms with Gasteiger partial charge in [0.2, 0.25) is 0 Å².